The first kappa shape index (κ1) is 14.2. The standard InChI is InChI=1S/C14H18N2O4/c1-20-12-7-9(15)4-5-11(12)14(19)16-6-2-3-10(16)8-13(17)18/h4-5,7,10H,2-3,6,8,15H2,1H3,(H,17,18). The highest BCUT2D eigenvalue weighted by molar-refractivity contribution is 5.98. The summed E-state index contributed by atoms with van der Waals surface area (Å²) in [4.78, 5) is 25.0. The second-order valence-corrected chi connectivity index (χ2v) is 4.85. The molecule has 0 aromatic heterocycles. The number of nitrogen functional groups attached to an aromatic ring is 1. The molecule has 0 aliphatic carbocycles. The van der Waals surface area contributed by atoms with Crippen LogP contribution in [0.5, 0.6) is 5.75 Å². The highest BCUT2D eigenvalue weighted by Gasteiger charge is 2.32. The van der Waals surface area contributed by atoms with Crippen LogP contribution < -0.4 is 10.5 Å². The second kappa shape index (κ2) is 5.81. The average molecular weight is 278 g/mol. The number of aliphatic carboxylic acids is 1. The number of carboxylic acids is 1. The molecule has 1 aromatic rings. The zero-order chi connectivity index (χ0) is 14.7. The Bertz CT molecular complexity index is 530. The lowest BCUT2D eigenvalue weighted by molar-refractivity contribution is -0.137. The summed E-state index contributed by atoms with van der Waals surface area (Å²) < 4.78 is 5.18. The van der Waals surface area contributed by atoms with Crippen molar-refractivity contribution in [3.63, 3.8) is 0 Å². The molecule has 1 aromatic carbocycles. The molecule has 1 amide bonds. The maximum atomic E-state index is 12.5. The summed E-state index contributed by atoms with van der Waals surface area (Å²) >= 11 is 0. The molecule has 108 valence electrons. The molecule has 2 rings (SSSR count). The van der Waals surface area contributed by atoms with Crippen molar-refractivity contribution in [3.8, 4) is 5.75 Å². The summed E-state index contributed by atoms with van der Waals surface area (Å²) in [5, 5.41) is 8.90. The molecule has 6 nitrogen and oxygen atoms in total. The number of nitrogens with zero attached hydrogens (tertiary/aromatic N) is 1. The van der Waals surface area contributed by atoms with E-state index in [4.69, 9.17) is 15.6 Å². The molecule has 6 heteroatoms. The third-order valence-corrected chi connectivity index (χ3v) is 3.50. The molecule has 0 bridgehead atoms. The summed E-state index contributed by atoms with van der Waals surface area (Å²) in [5.41, 5.74) is 6.60. The number of amides is 1. The van der Waals surface area contributed by atoms with E-state index >= 15 is 0 Å². The van der Waals surface area contributed by atoms with Gasteiger partial charge in [-0.2, -0.15) is 0 Å². The molecule has 1 fully saturated rings. The number of carboxylic acid groups (broad SMARTS) is 1. The van der Waals surface area contributed by atoms with E-state index in [1.165, 1.54) is 7.11 Å². The Labute approximate surface area is 117 Å². The Kier molecular flexibility index (Phi) is 4.12. The number of rotatable bonds is 4. The quantitative estimate of drug-likeness (QED) is 0.811. The minimum absolute atomic E-state index is 0.0248. The highest BCUT2D eigenvalue weighted by atomic mass is 16.5. The number of benzene rings is 1. The fourth-order valence-electron chi connectivity index (χ4n) is 2.56. The molecule has 1 aliphatic rings. The van der Waals surface area contributed by atoms with Gasteiger partial charge in [-0.05, 0) is 25.0 Å². The average Bonchev–Trinajstić information content (AvgIpc) is 2.85. The number of hydrogen-bond donors (Lipinski definition) is 2. The number of likely N-dealkylation sites (tertiary alicyclic amines) is 1. The number of hydrogen-bond acceptors (Lipinski definition) is 4. The number of anilines is 1. The first-order chi connectivity index (χ1) is 9.52. The van der Waals surface area contributed by atoms with Crippen LogP contribution in [0.25, 0.3) is 0 Å². The van der Waals surface area contributed by atoms with E-state index in [1.54, 1.807) is 23.1 Å². The Morgan fingerprint density at radius 2 is 2.25 bits per heavy atom. The molecule has 1 atom stereocenters. The van der Waals surface area contributed by atoms with Crippen LogP contribution in [-0.4, -0.2) is 41.6 Å². The van der Waals surface area contributed by atoms with Gasteiger partial charge in [0.15, 0.2) is 0 Å². The van der Waals surface area contributed by atoms with E-state index in [2.05, 4.69) is 0 Å². The van der Waals surface area contributed by atoms with Gasteiger partial charge >= 0.3 is 5.97 Å². The first-order valence-corrected chi connectivity index (χ1v) is 6.49. The Balaban J connectivity index is 2.24. The topological polar surface area (TPSA) is 92.9 Å². The van der Waals surface area contributed by atoms with Gasteiger partial charge < -0.3 is 20.5 Å². The van der Waals surface area contributed by atoms with Crippen molar-refractivity contribution in [2.24, 2.45) is 0 Å². The minimum Gasteiger partial charge on any atom is -0.496 e. The molecule has 20 heavy (non-hydrogen) atoms. The van der Waals surface area contributed by atoms with Crippen molar-refractivity contribution in [2.45, 2.75) is 25.3 Å². The summed E-state index contributed by atoms with van der Waals surface area (Å²) in [6, 6.07) is 4.60. The van der Waals surface area contributed by atoms with Gasteiger partial charge in [0.25, 0.3) is 5.91 Å². The number of carbonyl (C=O) groups is 2. The van der Waals surface area contributed by atoms with Crippen LogP contribution in [0.1, 0.15) is 29.6 Å². The van der Waals surface area contributed by atoms with E-state index in [-0.39, 0.29) is 18.4 Å². The molecule has 1 unspecified atom stereocenters. The Hall–Kier alpha value is -2.24. The zero-order valence-electron chi connectivity index (χ0n) is 11.3. The summed E-state index contributed by atoms with van der Waals surface area (Å²) in [7, 11) is 1.48. The molecule has 0 saturated carbocycles. The number of nitrogens with two attached hydrogens (primary N) is 1. The Morgan fingerprint density at radius 3 is 2.90 bits per heavy atom. The lowest BCUT2D eigenvalue weighted by Crippen LogP contribution is -2.37. The molecule has 0 radical (unpaired) electrons. The third kappa shape index (κ3) is 2.84. The van der Waals surface area contributed by atoms with Crippen molar-refractivity contribution in [3.05, 3.63) is 23.8 Å². The lowest BCUT2D eigenvalue weighted by atomic mass is 10.1. The highest BCUT2D eigenvalue weighted by Crippen LogP contribution is 2.27. The predicted octanol–water partition coefficient (Wildman–Crippen LogP) is 1.36. The number of methoxy groups -OCH3 is 1. The normalized spacial score (nSPS) is 18.1. The van der Waals surface area contributed by atoms with Crippen LogP contribution in [0.3, 0.4) is 0 Å². The van der Waals surface area contributed by atoms with Gasteiger partial charge in [0.05, 0.1) is 19.1 Å². The van der Waals surface area contributed by atoms with Crippen molar-refractivity contribution >= 4 is 17.6 Å². The van der Waals surface area contributed by atoms with E-state index in [1.807, 2.05) is 0 Å². The van der Waals surface area contributed by atoms with Gasteiger partial charge in [-0.25, -0.2) is 0 Å². The molecular weight excluding hydrogens is 260 g/mol. The maximum Gasteiger partial charge on any atom is 0.305 e. The lowest BCUT2D eigenvalue weighted by Gasteiger charge is -2.24. The summed E-state index contributed by atoms with van der Waals surface area (Å²) in [5.74, 6) is -0.680. The van der Waals surface area contributed by atoms with Gasteiger partial charge in [0, 0.05) is 24.3 Å². The van der Waals surface area contributed by atoms with Crippen LogP contribution >= 0.6 is 0 Å². The van der Waals surface area contributed by atoms with Gasteiger partial charge in [0.1, 0.15) is 5.75 Å². The van der Waals surface area contributed by atoms with Gasteiger partial charge in [0.2, 0.25) is 0 Å². The molecule has 1 aliphatic heterocycles. The zero-order valence-corrected chi connectivity index (χ0v) is 11.3. The van der Waals surface area contributed by atoms with Gasteiger partial charge in [-0.3, -0.25) is 9.59 Å². The van der Waals surface area contributed by atoms with Crippen molar-refractivity contribution < 1.29 is 19.4 Å². The second-order valence-electron chi connectivity index (χ2n) is 4.85. The smallest absolute Gasteiger partial charge is 0.305 e. The largest absolute Gasteiger partial charge is 0.496 e. The fraction of sp³-hybridized carbons (Fsp3) is 0.429. The van der Waals surface area contributed by atoms with Crippen LogP contribution in [0.15, 0.2) is 18.2 Å². The summed E-state index contributed by atoms with van der Waals surface area (Å²) in [6.45, 7) is 0.574. The minimum atomic E-state index is -0.890. The van der Waals surface area contributed by atoms with Crippen molar-refractivity contribution in [2.75, 3.05) is 19.4 Å². The molecule has 1 saturated heterocycles. The van der Waals surface area contributed by atoms with Crippen molar-refractivity contribution in [1.82, 2.24) is 4.90 Å². The molecule has 1 heterocycles. The Morgan fingerprint density at radius 1 is 1.50 bits per heavy atom. The number of ether oxygens (including phenoxy) is 1. The monoisotopic (exact) mass is 278 g/mol. The van der Waals surface area contributed by atoms with E-state index < -0.39 is 5.97 Å². The van der Waals surface area contributed by atoms with E-state index in [0.717, 1.165) is 12.8 Å². The number of carbonyl (C=O) groups excluding carboxylic acids is 1. The maximum absolute atomic E-state index is 12.5. The SMILES string of the molecule is COc1cc(N)ccc1C(=O)N1CCCC1CC(=O)O. The molecule has 3 N–H and O–H groups in total. The van der Waals surface area contributed by atoms with Crippen LogP contribution in [0.4, 0.5) is 5.69 Å². The fourth-order valence-corrected chi connectivity index (χ4v) is 2.56. The molecular formula is C14H18N2O4. The van der Waals surface area contributed by atoms with Gasteiger partial charge in [-0.15, -0.1) is 0 Å². The van der Waals surface area contributed by atoms with Crippen LogP contribution in [0, 0.1) is 0 Å². The van der Waals surface area contributed by atoms with E-state index in [0.29, 0.717) is 23.5 Å². The molecule has 0 spiro atoms. The van der Waals surface area contributed by atoms with Crippen molar-refractivity contribution in [1.29, 1.82) is 0 Å². The van der Waals surface area contributed by atoms with Crippen LogP contribution in [0.2, 0.25) is 0 Å². The van der Waals surface area contributed by atoms with E-state index in [9.17, 15) is 9.59 Å². The first-order valence-electron chi connectivity index (χ1n) is 6.49. The third-order valence-electron chi connectivity index (χ3n) is 3.50. The summed E-state index contributed by atoms with van der Waals surface area (Å²) in [6.07, 6.45) is 1.51. The van der Waals surface area contributed by atoms with Gasteiger partial charge in [-0.1, -0.05) is 0 Å². The van der Waals surface area contributed by atoms with Crippen LogP contribution in [-0.2, 0) is 4.79 Å². The predicted molar refractivity (Wildman–Crippen MR) is 73.7 cm³/mol.